The molecular formula is C88H108FN15O9S3. The maximum atomic E-state index is 14.6. The van der Waals surface area contributed by atoms with Gasteiger partial charge in [0, 0.05) is 69.6 Å². The quantitative estimate of drug-likeness (QED) is 0.0693. The third kappa shape index (κ3) is 19.9. The number of halogens is 1. The number of anilines is 5. The van der Waals surface area contributed by atoms with Crippen molar-refractivity contribution in [1.29, 1.82) is 0 Å². The van der Waals surface area contributed by atoms with Crippen LogP contribution in [0.15, 0.2) is 197 Å². The van der Waals surface area contributed by atoms with Crippen molar-refractivity contribution in [3.05, 3.63) is 238 Å². The van der Waals surface area contributed by atoms with Crippen LogP contribution < -0.4 is 39.9 Å². The van der Waals surface area contributed by atoms with E-state index in [1.165, 1.54) is 30.3 Å². The van der Waals surface area contributed by atoms with Crippen LogP contribution >= 0.6 is 0 Å². The minimum Gasteiger partial charge on any atom is -0.363 e. The van der Waals surface area contributed by atoms with Gasteiger partial charge in [-0.15, -0.1) is 0 Å². The first-order valence-corrected chi connectivity index (χ1v) is 43.8. The van der Waals surface area contributed by atoms with Gasteiger partial charge in [-0.05, 0) is 194 Å². The Hall–Kier alpha value is -10.3. The topological polar surface area (TPSA) is 313 Å². The van der Waals surface area contributed by atoms with Crippen molar-refractivity contribution in [3.8, 4) is 0 Å². The highest BCUT2D eigenvalue weighted by molar-refractivity contribution is 7.90. The number of hydrogen-bond acceptors (Lipinski definition) is 21. The highest BCUT2D eigenvalue weighted by Crippen LogP contribution is 2.46. The molecule has 614 valence electrons. The zero-order valence-corrected chi connectivity index (χ0v) is 71.4. The maximum Gasteiger partial charge on any atom is 0.281 e. The summed E-state index contributed by atoms with van der Waals surface area (Å²) in [5, 5.41) is 9.58. The average molecular weight is 1640 g/mol. The number of nitrogens with one attached hydrogen (secondary N) is 6. The molecule has 6 atom stereocenters. The van der Waals surface area contributed by atoms with Crippen LogP contribution in [0.3, 0.4) is 0 Å². The summed E-state index contributed by atoms with van der Waals surface area (Å²) >= 11 is 0. The predicted molar refractivity (Wildman–Crippen MR) is 452 cm³/mol. The lowest BCUT2D eigenvalue weighted by Crippen LogP contribution is -2.41. The van der Waals surface area contributed by atoms with E-state index in [2.05, 4.69) is 174 Å². The Labute approximate surface area is 682 Å². The Morgan fingerprint density at radius 2 is 0.948 bits per heavy atom. The number of hydrogen-bond donors (Lipinski definition) is 6. The summed E-state index contributed by atoms with van der Waals surface area (Å²) in [6.07, 6.45) is 5.29. The standard InChI is InChI=1S/C30H38FN5O3S.2C29H35N5O3S/c1-29(2,3)24-16-15-22(27(31)33-24)28(37)35-40(38,39)26-14-10-13-25(34-26)32-23(21-11-8-7-9-12-21)17-20-18-30(4,5)36(6)19-20;2*1-28(2,3)23-15-14-21-26(31-23)34-18-19(17-29(34,4)5)16-22(20-10-7-6-8-11-20)30-24-12-9-13-25(32-24)38(36,37)33-27(21)35/h7-16,20,23H,17-19H2,1-6H3,(H,32,34)(H,35,37);2*6-15,19,22H,16-18H2,1-5H3,(H,30,32)(H,33,35)/t20-,23?;2*19-,22?/m000/s1. The first-order valence-electron chi connectivity index (χ1n) is 39.4. The Morgan fingerprint density at radius 3 is 1.38 bits per heavy atom. The molecule has 0 spiro atoms. The molecule has 0 saturated carbocycles. The van der Waals surface area contributed by atoms with Crippen LogP contribution in [0.5, 0.6) is 0 Å². The number of likely N-dealkylation sites (tertiary alicyclic amines) is 1. The van der Waals surface area contributed by atoms with Crippen LogP contribution in [0.4, 0.5) is 33.5 Å². The molecule has 6 aromatic heterocycles. The molecule has 28 heteroatoms. The Balaban J connectivity index is 0.000000160. The summed E-state index contributed by atoms with van der Waals surface area (Å²) < 4.78 is 100. The summed E-state index contributed by atoms with van der Waals surface area (Å²) in [6.45, 7) is 33.5. The first-order chi connectivity index (χ1) is 54.3. The van der Waals surface area contributed by atoms with E-state index in [0.717, 1.165) is 73.1 Å². The predicted octanol–water partition coefficient (Wildman–Crippen LogP) is 15.4. The third-order valence-electron chi connectivity index (χ3n) is 22.4. The molecule has 3 aromatic carbocycles. The highest BCUT2D eigenvalue weighted by atomic mass is 32.2. The molecule has 3 fully saturated rings. The Bertz CT molecular complexity index is 5250. The van der Waals surface area contributed by atoms with Crippen molar-refractivity contribution in [1.82, 2.24) is 49.0 Å². The van der Waals surface area contributed by atoms with Crippen molar-refractivity contribution < 1.29 is 44.0 Å². The van der Waals surface area contributed by atoms with Gasteiger partial charge in [0.25, 0.3) is 47.8 Å². The number of aromatic nitrogens is 6. The van der Waals surface area contributed by atoms with Crippen LogP contribution in [-0.2, 0) is 46.3 Å². The normalized spacial score (nSPS) is 21.1. The number of rotatable bonds is 10. The smallest absolute Gasteiger partial charge is 0.281 e. The molecule has 9 aromatic rings. The fourth-order valence-electron chi connectivity index (χ4n) is 16.1. The molecule has 6 N–H and O–H groups in total. The van der Waals surface area contributed by atoms with E-state index in [1.807, 2.05) is 104 Å². The molecule has 5 aliphatic rings. The molecule has 0 radical (unpaired) electrons. The fraction of sp³-hybridized carbons (Fsp3) is 0.420. The summed E-state index contributed by atoms with van der Waals surface area (Å²) in [5.74, 6) is -0.263. The summed E-state index contributed by atoms with van der Waals surface area (Å²) in [6, 6.07) is 53.9. The summed E-state index contributed by atoms with van der Waals surface area (Å²) in [5.41, 5.74) is 4.03. The third-order valence-corrected chi connectivity index (χ3v) is 26.1. The van der Waals surface area contributed by atoms with E-state index < -0.39 is 64.7 Å². The fourth-order valence-corrected chi connectivity index (χ4v) is 18.9. The zero-order valence-electron chi connectivity index (χ0n) is 69.0. The summed E-state index contributed by atoms with van der Waals surface area (Å²) in [7, 11) is -10.7. The van der Waals surface area contributed by atoms with Crippen molar-refractivity contribution in [2.45, 2.75) is 208 Å². The van der Waals surface area contributed by atoms with Crippen molar-refractivity contribution in [3.63, 3.8) is 0 Å². The molecule has 3 amide bonds. The van der Waals surface area contributed by atoms with E-state index in [9.17, 15) is 44.0 Å². The second-order valence-corrected chi connectivity index (χ2v) is 41.0. The van der Waals surface area contributed by atoms with E-state index in [4.69, 9.17) is 9.97 Å². The SMILES string of the molecule is CC(C)(C)c1ccc2c(n1)N1C[C@@H](CC(c3ccccc3)Nc3cccc(n3)S(=O)(=O)NC2=O)CC1(C)C.CC(C)(C)c1ccc2c(n1)N1C[C@@H](CC(c3ccccc3)Nc3cccc(n3)S(=O)(=O)NC2=O)CC1(C)C.CN1C[C@@H](CC(Nc2cccc(S(=O)(=O)NC(=O)c3ccc(C(C)(C)C)nc3F)n2)c2ccccc2)CC1(C)C. The molecular weight excluding hydrogens is 1530 g/mol. The summed E-state index contributed by atoms with van der Waals surface area (Å²) in [4.78, 5) is 73.2. The van der Waals surface area contributed by atoms with E-state index in [1.54, 1.807) is 48.5 Å². The molecule has 14 rings (SSSR count). The van der Waals surface area contributed by atoms with Crippen LogP contribution in [0.2, 0.25) is 0 Å². The van der Waals surface area contributed by atoms with Crippen LogP contribution in [0.25, 0.3) is 0 Å². The minimum absolute atomic E-state index is 0.0757. The van der Waals surface area contributed by atoms with Gasteiger partial charge in [0.05, 0.1) is 34.8 Å². The Kier molecular flexibility index (Phi) is 24.2. The number of sulfonamides is 3. The molecule has 3 saturated heterocycles. The number of carbonyl (C=O) groups excluding carboxylic acids is 3. The molecule has 3 unspecified atom stereocenters. The molecule has 5 aliphatic heterocycles. The second kappa shape index (κ2) is 33.0. The van der Waals surface area contributed by atoms with Crippen LogP contribution in [0.1, 0.15) is 225 Å². The van der Waals surface area contributed by atoms with Gasteiger partial charge >= 0.3 is 0 Å². The molecule has 0 aliphatic carbocycles. The monoisotopic (exact) mass is 1630 g/mol. The number of carbonyl (C=O) groups is 3. The second-order valence-electron chi connectivity index (χ2n) is 36.1. The number of benzene rings is 3. The largest absolute Gasteiger partial charge is 0.363 e. The first kappa shape index (κ1) is 85.1. The van der Waals surface area contributed by atoms with E-state index in [-0.39, 0.29) is 71.8 Å². The van der Waals surface area contributed by atoms with Gasteiger partial charge in [-0.2, -0.15) is 29.6 Å². The lowest BCUT2D eigenvalue weighted by atomic mass is 9.89. The van der Waals surface area contributed by atoms with Gasteiger partial charge in [-0.25, -0.2) is 44.1 Å². The Morgan fingerprint density at radius 1 is 0.517 bits per heavy atom. The van der Waals surface area contributed by atoms with Gasteiger partial charge in [0.2, 0.25) is 5.95 Å². The van der Waals surface area contributed by atoms with Gasteiger partial charge < -0.3 is 30.7 Å². The van der Waals surface area contributed by atoms with Gasteiger partial charge in [0.15, 0.2) is 15.1 Å². The van der Waals surface area contributed by atoms with E-state index >= 15 is 0 Å². The number of pyridine rings is 6. The van der Waals surface area contributed by atoms with Crippen molar-refractivity contribution >= 4 is 76.9 Å². The van der Waals surface area contributed by atoms with Crippen LogP contribution in [0, 0.1) is 23.7 Å². The zero-order chi connectivity index (χ0) is 83.9. The number of nitrogens with zero attached hydrogens (tertiary/aromatic N) is 9. The molecule has 11 heterocycles. The van der Waals surface area contributed by atoms with Gasteiger partial charge in [-0.3, -0.25) is 14.4 Å². The molecule has 116 heavy (non-hydrogen) atoms. The van der Waals surface area contributed by atoms with Crippen molar-refractivity contribution in [2.24, 2.45) is 17.8 Å². The van der Waals surface area contributed by atoms with Crippen LogP contribution in [-0.4, -0.2) is 121 Å². The lowest BCUT2D eigenvalue weighted by Gasteiger charge is -2.34. The highest BCUT2D eigenvalue weighted by Gasteiger charge is 2.45. The molecule has 24 nitrogen and oxygen atoms in total. The van der Waals surface area contributed by atoms with E-state index in [0.29, 0.717) is 65.6 Å². The number of fused-ring (bicyclic) bond motifs is 12. The molecule has 8 bridgehead atoms. The van der Waals surface area contributed by atoms with Gasteiger partial charge in [0.1, 0.15) is 29.1 Å². The average Bonchev–Trinajstić information content (AvgIpc) is 1.55. The van der Waals surface area contributed by atoms with Gasteiger partial charge in [-0.1, -0.05) is 172 Å². The number of amides is 3. The lowest BCUT2D eigenvalue weighted by molar-refractivity contribution is 0.0968. The van der Waals surface area contributed by atoms with Crippen molar-refractivity contribution in [2.75, 3.05) is 52.4 Å². The maximum absolute atomic E-state index is 14.6. The minimum atomic E-state index is -4.38.